The number of rotatable bonds is 5. The van der Waals surface area contributed by atoms with Gasteiger partial charge in [0, 0.05) is 36.0 Å². The molecule has 1 aliphatic rings. The summed E-state index contributed by atoms with van der Waals surface area (Å²) in [6.45, 7) is 3.25. The minimum Gasteiger partial charge on any atom is -0.325 e. The van der Waals surface area contributed by atoms with Gasteiger partial charge in [-0.2, -0.15) is 11.8 Å². The number of nitrogens with one attached hydrogen (secondary N) is 1. The Hall–Kier alpha value is -1.83. The number of amides is 1. The van der Waals surface area contributed by atoms with Crippen LogP contribution in [0.25, 0.3) is 0 Å². The molecule has 0 aromatic heterocycles. The van der Waals surface area contributed by atoms with Crippen LogP contribution in [0.4, 0.5) is 5.69 Å². The number of anilines is 1. The van der Waals surface area contributed by atoms with Crippen molar-refractivity contribution in [1.82, 2.24) is 4.90 Å². The lowest BCUT2D eigenvalue weighted by atomic mass is 10.0. The molecular formula is C20H24N2O3S2. The van der Waals surface area contributed by atoms with Crippen molar-refractivity contribution in [1.29, 1.82) is 0 Å². The van der Waals surface area contributed by atoms with Crippen LogP contribution in [0.5, 0.6) is 0 Å². The number of hydrogen-bond donors (Lipinski definition) is 1. The zero-order valence-corrected chi connectivity index (χ0v) is 17.1. The van der Waals surface area contributed by atoms with E-state index in [2.05, 4.69) is 41.4 Å². The Bertz CT molecular complexity index is 894. The van der Waals surface area contributed by atoms with Gasteiger partial charge in [0.25, 0.3) is 0 Å². The van der Waals surface area contributed by atoms with Crippen molar-refractivity contribution in [2.75, 3.05) is 36.2 Å². The van der Waals surface area contributed by atoms with Gasteiger partial charge in [0.05, 0.1) is 11.4 Å². The van der Waals surface area contributed by atoms with Crippen molar-refractivity contribution >= 4 is 33.2 Å². The average Bonchev–Trinajstić information content (AvgIpc) is 2.62. The van der Waals surface area contributed by atoms with Gasteiger partial charge in [0.2, 0.25) is 5.91 Å². The van der Waals surface area contributed by atoms with Crippen LogP contribution in [0.2, 0.25) is 0 Å². The average molecular weight is 405 g/mol. The molecule has 1 atom stereocenters. The zero-order valence-electron chi connectivity index (χ0n) is 15.5. The highest BCUT2D eigenvalue weighted by Gasteiger charge is 2.26. The molecule has 1 unspecified atom stereocenters. The minimum absolute atomic E-state index is 0.0916. The Morgan fingerprint density at radius 2 is 1.81 bits per heavy atom. The number of carbonyl (C=O) groups excluding carboxylic acids is 1. The largest absolute Gasteiger partial charge is 0.325 e. The summed E-state index contributed by atoms with van der Waals surface area (Å²) < 4.78 is 23.0. The van der Waals surface area contributed by atoms with Gasteiger partial charge < -0.3 is 5.32 Å². The smallest absolute Gasteiger partial charge is 0.238 e. The third-order valence-electron chi connectivity index (χ3n) is 4.61. The molecule has 0 saturated carbocycles. The van der Waals surface area contributed by atoms with Gasteiger partial charge in [-0.1, -0.05) is 29.8 Å². The SMILES string of the molecule is Cc1ccc(C2CSCCN2CC(=O)Nc2ccc(S(C)(=O)=O)cc2)cc1. The van der Waals surface area contributed by atoms with Gasteiger partial charge in [-0.15, -0.1) is 0 Å². The number of thioether (sulfide) groups is 1. The number of carbonyl (C=O) groups is 1. The molecule has 3 rings (SSSR count). The molecule has 2 aromatic carbocycles. The first kappa shape index (κ1) is 19.9. The van der Waals surface area contributed by atoms with Crippen LogP contribution >= 0.6 is 11.8 Å². The first-order valence-electron chi connectivity index (χ1n) is 8.81. The molecule has 144 valence electrons. The predicted octanol–water partition coefficient (Wildman–Crippen LogP) is 3.13. The molecule has 1 saturated heterocycles. The molecule has 1 aliphatic heterocycles. The highest BCUT2D eigenvalue weighted by Crippen LogP contribution is 2.29. The highest BCUT2D eigenvalue weighted by atomic mass is 32.2. The summed E-state index contributed by atoms with van der Waals surface area (Å²) in [6, 6.07) is 15.0. The van der Waals surface area contributed by atoms with E-state index in [1.54, 1.807) is 12.1 Å². The second-order valence-corrected chi connectivity index (χ2v) is 9.98. The molecule has 1 amide bonds. The number of benzene rings is 2. The van der Waals surface area contributed by atoms with Crippen LogP contribution in [0.1, 0.15) is 17.2 Å². The molecule has 1 N–H and O–H groups in total. The van der Waals surface area contributed by atoms with E-state index >= 15 is 0 Å². The molecule has 2 aromatic rings. The maximum atomic E-state index is 12.5. The fourth-order valence-electron chi connectivity index (χ4n) is 3.09. The van der Waals surface area contributed by atoms with E-state index in [1.165, 1.54) is 29.5 Å². The van der Waals surface area contributed by atoms with Gasteiger partial charge in [-0.05, 0) is 36.8 Å². The Kier molecular flexibility index (Phi) is 6.24. The van der Waals surface area contributed by atoms with E-state index in [1.807, 2.05) is 11.8 Å². The molecule has 5 nitrogen and oxygen atoms in total. The molecular weight excluding hydrogens is 380 g/mol. The van der Waals surface area contributed by atoms with Gasteiger partial charge in [-0.3, -0.25) is 9.69 Å². The lowest BCUT2D eigenvalue weighted by molar-refractivity contribution is -0.117. The molecule has 0 spiro atoms. The number of sulfone groups is 1. The molecule has 7 heteroatoms. The quantitative estimate of drug-likeness (QED) is 0.829. The molecule has 0 bridgehead atoms. The summed E-state index contributed by atoms with van der Waals surface area (Å²) in [5, 5.41) is 2.87. The lowest BCUT2D eigenvalue weighted by Crippen LogP contribution is -2.41. The van der Waals surface area contributed by atoms with Crippen molar-refractivity contribution in [2.45, 2.75) is 17.9 Å². The van der Waals surface area contributed by atoms with Crippen LogP contribution in [0, 0.1) is 6.92 Å². The fourth-order valence-corrected chi connectivity index (χ4v) is 4.88. The van der Waals surface area contributed by atoms with Gasteiger partial charge in [-0.25, -0.2) is 8.42 Å². The van der Waals surface area contributed by atoms with E-state index in [4.69, 9.17) is 0 Å². The second-order valence-electron chi connectivity index (χ2n) is 6.82. The van der Waals surface area contributed by atoms with E-state index < -0.39 is 9.84 Å². The summed E-state index contributed by atoms with van der Waals surface area (Å²) >= 11 is 1.91. The highest BCUT2D eigenvalue weighted by molar-refractivity contribution is 7.99. The summed E-state index contributed by atoms with van der Waals surface area (Å²) in [4.78, 5) is 15.0. The normalized spacial score (nSPS) is 18.2. The van der Waals surface area contributed by atoms with Gasteiger partial charge >= 0.3 is 0 Å². The molecule has 1 heterocycles. The number of hydrogen-bond acceptors (Lipinski definition) is 5. The third-order valence-corrected chi connectivity index (χ3v) is 6.77. The fraction of sp³-hybridized carbons (Fsp3) is 0.350. The van der Waals surface area contributed by atoms with E-state index in [0.717, 1.165) is 18.1 Å². The Morgan fingerprint density at radius 3 is 2.44 bits per heavy atom. The van der Waals surface area contributed by atoms with Crippen molar-refractivity contribution in [2.24, 2.45) is 0 Å². The van der Waals surface area contributed by atoms with Crippen LogP contribution in [0.3, 0.4) is 0 Å². The van der Waals surface area contributed by atoms with Gasteiger partial charge in [0.15, 0.2) is 9.84 Å². The standard InChI is InChI=1S/C20H24N2O3S2/c1-15-3-5-16(6-4-15)19-14-26-12-11-22(19)13-20(23)21-17-7-9-18(10-8-17)27(2,24)25/h3-10,19H,11-14H2,1-2H3,(H,21,23). The number of nitrogens with zero attached hydrogens (tertiary/aromatic N) is 1. The van der Waals surface area contributed by atoms with Crippen molar-refractivity contribution in [3.63, 3.8) is 0 Å². The maximum Gasteiger partial charge on any atom is 0.238 e. The first-order chi connectivity index (χ1) is 12.8. The minimum atomic E-state index is -3.24. The molecule has 27 heavy (non-hydrogen) atoms. The number of aryl methyl sites for hydroxylation is 1. The van der Waals surface area contributed by atoms with Crippen molar-refractivity contribution < 1.29 is 13.2 Å². The Balaban J connectivity index is 1.65. The maximum absolute atomic E-state index is 12.5. The van der Waals surface area contributed by atoms with Crippen LogP contribution in [-0.4, -0.2) is 50.1 Å². The van der Waals surface area contributed by atoms with E-state index in [9.17, 15) is 13.2 Å². The third kappa shape index (κ3) is 5.34. The Morgan fingerprint density at radius 1 is 1.15 bits per heavy atom. The summed E-state index contributed by atoms with van der Waals surface area (Å²) in [7, 11) is -3.24. The monoisotopic (exact) mass is 404 g/mol. The van der Waals surface area contributed by atoms with Crippen LogP contribution in [-0.2, 0) is 14.6 Å². The van der Waals surface area contributed by atoms with Crippen molar-refractivity contribution in [3.8, 4) is 0 Å². The second kappa shape index (κ2) is 8.46. The zero-order chi connectivity index (χ0) is 19.4. The summed E-state index contributed by atoms with van der Waals surface area (Å²) in [6.07, 6.45) is 1.17. The lowest BCUT2D eigenvalue weighted by Gasteiger charge is -2.35. The first-order valence-corrected chi connectivity index (χ1v) is 11.9. The summed E-state index contributed by atoms with van der Waals surface area (Å²) in [5.74, 6) is 1.89. The van der Waals surface area contributed by atoms with Crippen molar-refractivity contribution in [3.05, 3.63) is 59.7 Å². The van der Waals surface area contributed by atoms with E-state index in [0.29, 0.717) is 12.2 Å². The molecule has 0 radical (unpaired) electrons. The van der Waals surface area contributed by atoms with Crippen LogP contribution < -0.4 is 5.32 Å². The molecule has 1 fully saturated rings. The van der Waals surface area contributed by atoms with Crippen LogP contribution in [0.15, 0.2) is 53.4 Å². The van der Waals surface area contributed by atoms with Gasteiger partial charge in [0.1, 0.15) is 0 Å². The summed E-state index contributed by atoms with van der Waals surface area (Å²) in [5.41, 5.74) is 3.06. The Labute approximate surface area is 165 Å². The molecule has 0 aliphatic carbocycles. The topological polar surface area (TPSA) is 66.5 Å². The predicted molar refractivity (Wildman–Crippen MR) is 111 cm³/mol. The van der Waals surface area contributed by atoms with E-state index in [-0.39, 0.29) is 16.8 Å².